The SMILES string of the molecule is C=CCNc1nccn1C1CCCN(CC)C1. The Morgan fingerprint density at radius 1 is 1.65 bits per heavy atom. The van der Waals surface area contributed by atoms with Crippen LogP contribution in [0.5, 0.6) is 0 Å². The number of imidazole rings is 1. The van der Waals surface area contributed by atoms with Gasteiger partial charge in [-0.25, -0.2) is 4.98 Å². The third kappa shape index (κ3) is 2.88. The van der Waals surface area contributed by atoms with Gasteiger partial charge in [0.25, 0.3) is 0 Å². The Morgan fingerprint density at radius 3 is 3.29 bits per heavy atom. The van der Waals surface area contributed by atoms with Crippen molar-refractivity contribution >= 4 is 5.95 Å². The minimum absolute atomic E-state index is 0.554. The minimum atomic E-state index is 0.554. The molecular formula is C13H22N4. The number of hydrogen-bond donors (Lipinski definition) is 1. The second-order valence-electron chi connectivity index (χ2n) is 4.52. The highest BCUT2D eigenvalue weighted by atomic mass is 15.2. The summed E-state index contributed by atoms with van der Waals surface area (Å²) < 4.78 is 2.27. The van der Waals surface area contributed by atoms with E-state index in [1.807, 2.05) is 12.3 Å². The fourth-order valence-corrected chi connectivity index (χ4v) is 2.45. The fourth-order valence-electron chi connectivity index (χ4n) is 2.45. The normalized spacial score (nSPS) is 21.4. The van der Waals surface area contributed by atoms with Crippen molar-refractivity contribution in [2.45, 2.75) is 25.8 Å². The lowest BCUT2D eigenvalue weighted by molar-refractivity contribution is 0.186. The average molecular weight is 234 g/mol. The minimum Gasteiger partial charge on any atom is -0.352 e. The lowest BCUT2D eigenvalue weighted by Crippen LogP contribution is -2.36. The van der Waals surface area contributed by atoms with Gasteiger partial charge in [0.1, 0.15) is 0 Å². The van der Waals surface area contributed by atoms with Crippen LogP contribution in [0.25, 0.3) is 0 Å². The van der Waals surface area contributed by atoms with E-state index in [0.29, 0.717) is 6.04 Å². The zero-order valence-electron chi connectivity index (χ0n) is 10.6. The second kappa shape index (κ2) is 5.87. The van der Waals surface area contributed by atoms with E-state index in [2.05, 4.69) is 39.5 Å². The first-order valence-corrected chi connectivity index (χ1v) is 6.45. The molecule has 94 valence electrons. The highest BCUT2D eigenvalue weighted by molar-refractivity contribution is 5.27. The van der Waals surface area contributed by atoms with Crippen molar-refractivity contribution in [1.82, 2.24) is 14.5 Å². The van der Waals surface area contributed by atoms with Crippen LogP contribution in [0.2, 0.25) is 0 Å². The molecule has 2 heterocycles. The van der Waals surface area contributed by atoms with Crippen LogP contribution in [0.15, 0.2) is 25.0 Å². The third-order valence-electron chi connectivity index (χ3n) is 3.39. The predicted octanol–water partition coefficient (Wildman–Crippen LogP) is 2.14. The van der Waals surface area contributed by atoms with Gasteiger partial charge in [-0.15, -0.1) is 6.58 Å². The van der Waals surface area contributed by atoms with Crippen LogP contribution in [0.1, 0.15) is 25.8 Å². The molecule has 1 aliphatic rings. The number of nitrogens with one attached hydrogen (secondary N) is 1. The number of anilines is 1. The maximum Gasteiger partial charge on any atom is 0.203 e. The maximum atomic E-state index is 4.37. The molecule has 1 atom stereocenters. The number of likely N-dealkylation sites (N-methyl/N-ethyl adjacent to an activating group) is 1. The van der Waals surface area contributed by atoms with Gasteiger partial charge >= 0.3 is 0 Å². The number of nitrogens with zero attached hydrogens (tertiary/aromatic N) is 3. The van der Waals surface area contributed by atoms with E-state index in [9.17, 15) is 0 Å². The van der Waals surface area contributed by atoms with E-state index < -0.39 is 0 Å². The average Bonchev–Trinajstić information content (AvgIpc) is 2.84. The number of hydrogen-bond acceptors (Lipinski definition) is 3. The number of rotatable bonds is 5. The summed E-state index contributed by atoms with van der Waals surface area (Å²) >= 11 is 0. The zero-order valence-corrected chi connectivity index (χ0v) is 10.6. The Labute approximate surface area is 103 Å². The van der Waals surface area contributed by atoms with Crippen LogP contribution >= 0.6 is 0 Å². The van der Waals surface area contributed by atoms with E-state index >= 15 is 0 Å². The fraction of sp³-hybridized carbons (Fsp3) is 0.615. The first-order chi connectivity index (χ1) is 8.35. The Hall–Kier alpha value is -1.29. The van der Waals surface area contributed by atoms with E-state index in [0.717, 1.165) is 25.6 Å². The van der Waals surface area contributed by atoms with Gasteiger partial charge in [0.15, 0.2) is 0 Å². The smallest absolute Gasteiger partial charge is 0.203 e. The van der Waals surface area contributed by atoms with E-state index in [-0.39, 0.29) is 0 Å². The summed E-state index contributed by atoms with van der Waals surface area (Å²) in [7, 11) is 0. The third-order valence-corrected chi connectivity index (χ3v) is 3.39. The van der Waals surface area contributed by atoms with Gasteiger partial charge in [-0.3, -0.25) is 0 Å². The summed E-state index contributed by atoms with van der Waals surface area (Å²) in [5.41, 5.74) is 0. The van der Waals surface area contributed by atoms with Gasteiger partial charge in [-0.1, -0.05) is 13.0 Å². The number of likely N-dealkylation sites (tertiary alicyclic amines) is 1. The van der Waals surface area contributed by atoms with Crippen LogP contribution in [-0.4, -0.2) is 40.6 Å². The highest BCUT2D eigenvalue weighted by Crippen LogP contribution is 2.24. The standard InChI is InChI=1S/C13H22N4/c1-3-7-14-13-15-8-10-17(13)12-6-5-9-16(4-2)11-12/h3,8,10,12H,1,4-7,9,11H2,2H3,(H,14,15). The number of piperidine rings is 1. The van der Waals surface area contributed by atoms with Gasteiger partial charge in [-0.05, 0) is 25.9 Å². The topological polar surface area (TPSA) is 33.1 Å². The first-order valence-electron chi connectivity index (χ1n) is 6.45. The molecular weight excluding hydrogens is 212 g/mol. The molecule has 0 saturated carbocycles. The van der Waals surface area contributed by atoms with Gasteiger partial charge in [-0.2, -0.15) is 0 Å². The lowest BCUT2D eigenvalue weighted by atomic mass is 10.1. The molecule has 1 unspecified atom stereocenters. The largest absolute Gasteiger partial charge is 0.352 e. The van der Waals surface area contributed by atoms with Crippen molar-refractivity contribution in [2.24, 2.45) is 0 Å². The van der Waals surface area contributed by atoms with E-state index in [4.69, 9.17) is 0 Å². The molecule has 0 aromatic carbocycles. The van der Waals surface area contributed by atoms with Crippen molar-refractivity contribution in [3.05, 3.63) is 25.0 Å². The predicted molar refractivity (Wildman–Crippen MR) is 71.3 cm³/mol. The molecule has 1 aromatic heterocycles. The molecule has 4 heteroatoms. The maximum absolute atomic E-state index is 4.37. The van der Waals surface area contributed by atoms with Crippen LogP contribution < -0.4 is 5.32 Å². The van der Waals surface area contributed by atoms with Crippen molar-refractivity contribution in [3.8, 4) is 0 Å². The summed E-state index contributed by atoms with van der Waals surface area (Å²) in [6.45, 7) is 10.2. The van der Waals surface area contributed by atoms with Gasteiger partial charge in [0.2, 0.25) is 5.95 Å². The van der Waals surface area contributed by atoms with Crippen LogP contribution in [0, 0.1) is 0 Å². The van der Waals surface area contributed by atoms with E-state index in [1.54, 1.807) is 0 Å². The molecule has 17 heavy (non-hydrogen) atoms. The molecule has 1 saturated heterocycles. The molecule has 0 spiro atoms. The van der Waals surface area contributed by atoms with Crippen LogP contribution in [-0.2, 0) is 0 Å². The Morgan fingerprint density at radius 2 is 2.53 bits per heavy atom. The van der Waals surface area contributed by atoms with Gasteiger partial charge < -0.3 is 14.8 Å². The van der Waals surface area contributed by atoms with Crippen molar-refractivity contribution in [3.63, 3.8) is 0 Å². The molecule has 0 bridgehead atoms. The molecule has 1 fully saturated rings. The lowest BCUT2D eigenvalue weighted by Gasteiger charge is -2.33. The van der Waals surface area contributed by atoms with Crippen LogP contribution in [0.3, 0.4) is 0 Å². The molecule has 0 amide bonds. The van der Waals surface area contributed by atoms with E-state index in [1.165, 1.54) is 19.4 Å². The first kappa shape index (κ1) is 12.2. The Bertz CT molecular complexity index is 358. The molecule has 1 aromatic rings. The van der Waals surface area contributed by atoms with Crippen LogP contribution in [0.4, 0.5) is 5.95 Å². The van der Waals surface area contributed by atoms with Crippen molar-refractivity contribution < 1.29 is 0 Å². The molecule has 1 N–H and O–H groups in total. The summed E-state index contributed by atoms with van der Waals surface area (Å²) in [4.78, 5) is 6.87. The monoisotopic (exact) mass is 234 g/mol. The Balaban J connectivity index is 2.05. The van der Waals surface area contributed by atoms with Crippen molar-refractivity contribution in [1.29, 1.82) is 0 Å². The molecule has 0 aliphatic carbocycles. The highest BCUT2D eigenvalue weighted by Gasteiger charge is 2.21. The molecule has 1 aliphatic heterocycles. The molecule has 2 rings (SSSR count). The van der Waals surface area contributed by atoms with Gasteiger partial charge in [0.05, 0.1) is 0 Å². The molecule has 0 radical (unpaired) electrons. The summed E-state index contributed by atoms with van der Waals surface area (Å²) in [6.07, 6.45) is 8.33. The Kier molecular flexibility index (Phi) is 4.20. The second-order valence-corrected chi connectivity index (χ2v) is 4.52. The van der Waals surface area contributed by atoms with Crippen molar-refractivity contribution in [2.75, 3.05) is 31.5 Å². The molecule has 4 nitrogen and oxygen atoms in total. The summed E-state index contributed by atoms with van der Waals surface area (Å²) in [5, 5.41) is 3.29. The summed E-state index contributed by atoms with van der Waals surface area (Å²) in [6, 6.07) is 0.554. The number of aromatic nitrogens is 2. The quantitative estimate of drug-likeness (QED) is 0.792. The zero-order chi connectivity index (χ0) is 12.1. The summed E-state index contributed by atoms with van der Waals surface area (Å²) in [5.74, 6) is 0.966. The van der Waals surface area contributed by atoms with Gasteiger partial charge in [0, 0.05) is 31.5 Å².